The van der Waals surface area contributed by atoms with Crippen molar-refractivity contribution in [2.24, 2.45) is 10.2 Å². The monoisotopic (exact) mass is 456 g/mol. The number of nitrogens with zero attached hydrogens (tertiary/aromatic N) is 3. The minimum Gasteiger partial charge on any atom is -0.497 e. The molecule has 2 rings (SSSR count). The summed E-state index contributed by atoms with van der Waals surface area (Å²) in [6.45, 7) is 11.1. The zero-order valence-electron chi connectivity index (χ0n) is 20.2. The summed E-state index contributed by atoms with van der Waals surface area (Å²) in [4.78, 5) is 23.4. The van der Waals surface area contributed by atoms with Crippen molar-refractivity contribution in [3.05, 3.63) is 69.8 Å². The molecule has 0 spiro atoms. The molecule has 33 heavy (non-hydrogen) atoms. The first-order chi connectivity index (χ1) is 15.3. The molecule has 2 atom stereocenters. The Morgan fingerprint density at radius 3 is 1.97 bits per heavy atom. The zero-order chi connectivity index (χ0) is 24.8. The summed E-state index contributed by atoms with van der Waals surface area (Å²) in [5.74, 6) is 0.665. The lowest BCUT2D eigenvalue weighted by Gasteiger charge is -2.28. The van der Waals surface area contributed by atoms with Gasteiger partial charge in [0.2, 0.25) is 0 Å². The Morgan fingerprint density at radius 1 is 0.970 bits per heavy atom. The number of non-ortho nitro benzene ring substituents is 1. The quantitative estimate of drug-likeness (QED) is 0.304. The molecule has 0 saturated carbocycles. The molecule has 0 bridgehead atoms. The van der Waals surface area contributed by atoms with Gasteiger partial charge in [0.15, 0.2) is 0 Å². The highest BCUT2D eigenvalue weighted by Crippen LogP contribution is 2.35. The molecule has 0 aliphatic heterocycles. The molecule has 1 amide bonds. The topological polar surface area (TPSA) is 115 Å². The van der Waals surface area contributed by atoms with Gasteiger partial charge in [0.1, 0.15) is 17.4 Å². The van der Waals surface area contributed by atoms with Crippen LogP contribution in [0.4, 0.5) is 10.5 Å². The van der Waals surface area contributed by atoms with E-state index < -0.39 is 34.2 Å². The van der Waals surface area contributed by atoms with E-state index in [2.05, 4.69) is 15.5 Å². The molecule has 0 saturated heterocycles. The van der Waals surface area contributed by atoms with E-state index in [4.69, 9.17) is 9.47 Å². The Hall–Kier alpha value is -3.49. The number of nitro groups is 1. The molecule has 2 aromatic rings. The number of nitro benzene ring substituents is 1. The summed E-state index contributed by atoms with van der Waals surface area (Å²) in [7, 11) is 1.57. The van der Waals surface area contributed by atoms with Crippen molar-refractivity contribution in [2.75, 3.05) is 7.11 Å². The van der Waals surface area contributed by atoms with Gasteiger partial charge in [-0.1, -0.05) is 12.1 Å². The van der Waals surface area contributed by atoms with Crippen LogP contribution in [0, 0.1) is 10.1 Å². The van der Waals surface area contributed by atoms with E-state index in [0.717, 1.165) is 5.56 Å². The van der Waals surface area contributed by atoms with Crippen molar-refractivity contribution in [1.29, 1.82) is 0 Å². The number of azo groups is 1. The number of hydrogen-bond acceptors (Lipinski definition) is 7. The van der Waals surface area contributed by atoms with E-state index >= 15 is 0 Å². The highest BCUT2D eigenvalue weighted by molar-refractivity contribution is 5.68. The van der Waals surface area contributed by atoms with Crippen LogP contribution in [0.25, 0.3) is 0 Å². The Kier molecular flexibility index (Phi) is 8.13. The maximum Gasteiger partial charge on any atom is 0.408 e. The average molecular weight is 457 g/mol. The van der Waals surface area contributed by atoms with Gasteiger partial charge in [-0.05, 0) is 76.9 Å². The first-order valence-electron chi connectivity index (χ1n) is 10.6. The van der Waals surface area contributed by atoms with E-state index in [0.29, 0.717) is 11.3 Å². The van der Waals surface area contributed by atoms with Crippen molar-refractivity contribution in [2.45, 2.75) is 64.8 Å². The van der Waals surface area contributed by atoms with Crippen LogP contribution in [0.2, 0.25) is 0 Å². The van der Waals surface area contributed by atoms with Crippen molar-refractivity contribution >= 4 is 11.8 Å². The summed E-state index contributed by atoms with van der Waals surface area (Å²) in [5.41, 5.74) is 0.217. The van der Waals surface area contributed by atoms with Gasteiger partial charge in [-0.15, -0.1) is 0 Å². The Morgan fingerprint density at radius 2 is 1.52 bits per heavy atom. The highest BCUT2D eigenvalue weighted by atomic mass is 16.6. The highest BCUT2D eigenvalue weighted by Gasteiger charge is 2.30. The molecular formula is C24H32N4O5. The van der Waals surface area contributed by atoms with Crippen molar-refractivity contribution < 1.29 is 19.2 Å². The van der Waals surface area contributed by atoms with Crippen LogP contribution < -0.4 is 10.1 Å². The third-order valence-corrected chi connectivity index (χ3v) is 4.39. The lowest BCUT2D eigenvalue weighted by molar-refractivity contribution is -0.384. The van der Waals surface area contributed by atoms with Crippen LogP contribution in [0.1, 0.15) is 64.8 Å². The summed E-state index contributed by atoms with van der Waals surface area (Å²) in [6.07, 6.45) is -0.610. The lowest BCUT2D eigenvalue weighted by atomic mass is 9.93. The second-order valence-corrected chi connectivity index (χ2v) is 9.58. The van der Waals surface area contributed by atoms with Crippen LogP contribution in [0.5, 0.6) is 5.75 Å². The third-order valence-electron chi connectivity index (χ3n) is 4.39. The second-order valence-electron chi connectivity index (χ2n) is 9.58. The fraction of sp³-hybridized carbons (Fsp3) is 0.458. The standard InChI is InChI=1S/C24H32N4O5/c1-23(2,3)27-26-21(17-8-12-18(13-9-17)28(30)31)20(25-22(29)33-24(4,5)6)16-10-14-19(32-7)15-11-16/h8-15,20-21H,1-7H3,(H,25,29)/t20-,21+/m1/s1. The number of rotatable bonds is 7. The van der Waals surface area contributed by atoms with Crippen LogP contribution in [-0.2, 0) is 4.74 Å². The van der Waals surface area contributed by atoms with Crippen LogP contribution in [-0.4, -0.2) is 29.3 Å². The van der Waals surface area contributed by atoms with Crippen LogP contribution >= 0.6 is 0 Å². The molecular weight excluding hydrogens is 424 g/mol. The van der Waals surface area contributed by atoms with Crippen LogP contribution in [0.3, 0.4) is 0 Å². The average Bonchev–Trinajstić information content (AvgIpc) is 2.71. The van der Waals surface area contributed by atoms with E-state index in [1.165, 1.54) is 12.1 Å². The van der Waals surface area contributed by atoms with E-state index in [1.54, 1.807) is 52.1 Å². The maximum atomic E-state index is 12.7. The molecule has 0 aromatic heterocycles. The van der Waals surface area contributed by atoms with Gasteiger partial charge >= 0.3 is 6.09 Å². The molecule has 0 unspecified atom stereocenters. The minimum atomic E-state index is -0.690. The smallest absolute Gasteiger partial charge is 0.408 e. The van der Waals surface area contributed by atoms with Crippen molar-refractivity contribution in [3.63, 3.8) is 0 Å². The summed E-state index contributed by atoms with van der Waals surface area (Å²) < 4.78 is 10.7. The number of hydrogen-bond donors (Lipinski definition) is 1. The largest absolute Gasteiger partial charge is 0.497 e. The van der Waals surface area contributed by atoms with Crippen molar-refractivity contribution in [1.82, 2.24) is 5.32 Å². The van der Waals surface area contributed by atoms with Gasteiger partial charge in [-0.2, -0.15) is 10.2 Å². The molecule has 9 nitrogen and oxygen atoms in total. The number of ether oxygens (including phenoxy) is 2. The molecule has 178 valence electrons. The van der Waals surface area contributed by atoms with Gasteiger partial charge in [-0.3, -0.25) is 10.1 Å². The fourth-order valence-electron chi connectivity index (χ4n) is 2.94. The fourth-order valence-corrected chi connectivity index (χ4v) is 2.94. The number of carbonyl (C=O) groups is 1. The Balaban J connectivity index is 2.56. The molecule has 0 aliphatic carbocycles. The number of benzene rings is 2. The predicted octanol–water partition coefficient (Wildman–Crippen LogP) is 6.16. The number of amides is 1. The number of nitrogens with one attached hydrogen (secondary N) is 1. The van der Waals surface area contributed by atoms with Gasteiger partial charge in [0.05, 0.1) is 23.6 Å². The normalized spacial score (nSPS) is 13.9. The number of methoxy groups -OCH3 is 1. The zero-order valence-corrected chi connectivity index (χ0v) is 20.2. The molecule has 9 heteroatoms. The predicted molar refractivity (Wildman–Crippen MR) is 126 cm³/mol. The summed E-state index contributed by atoms with van der Waals surface area (Å²) in [5, 5.41) is 23.0. The third kappa shape index (κ3) is 8.17. The summed E-state index contributed by atoms with van der Waals surface area (Å²) >= 11 is 0. The van der Waals surface area contributed by atoms with Gasteiger partial charge < -0.3 is 14.8 Å². The number of carbonyl (C=O) groups excluding carboxylic acids is 1. The van der Waals surface area contributed by atoms with E-state index in [1.807, 2.05) is 32.9 Å². The van der Waals surface area contributed by atoms with Gasteiger partial charge in [0, 0.05) is 12.1 Å². The SMILES string of the molecule is COc1ccc([C@@H](NC(=O)OC(C)(C)C)[C@@H](N=NC(C)(C)C)c2ccc([N+](=O)[O-])cc2)cc1. The Labute approximate surface area is 194 Å². The number of alkyl carbamates (subject to hydrolysis) is 1. The molecule has 0 heterocycles. The molecule has 2 aromatic carbocycles. The first-order valence-corrected chi connectivity index (χ1v) is 10.6. The van der Waals surface area contributed by atoms with Crippen LogP contribution in [0.15, 0.2) is 58.8 Å². The summed E-state index contributed by atoms with van der Waals surface area (Å²) in [6, 6.07) is 12.0. The Bertz CT molecular complexity index is 974. The first kappa shape index (κ1) is 25.8. The molecule has 0 aliphatic rings. The molecule has 0 fully saturated rings. The second kappa shape index (κ2) is 10.4. The molecule has 1 N–H and O–H groups in total. The van der Waals surface area contributed by atoms with Gasteiger partial charge in [-0.25, -0.2) is 4.79 Å². The lowest BCUT2D eigenvalue weighted by Crippen LogP contribution is -2.37. The van der Waals surface area contributed by atoms with E-state index in [-0.39, 0.29) is 5.69 Å². The van der Waals surface area contributed by atoms with Gasteiger partial charge in [0.25, 0.3) is 5.69 Å². The van der Waals surface area contributed by atoms with Crippen molar-refractivity contribution in [3.8, 4) is 5.75 Å². The molecule has 0 radical (unpaired) electrons. The maximum absolute atomic E-state index is 12.7. The minimum absolute atomic E-state index is 0.0358. The van der Waals surface area contributed by atoms with E-state index in [9.17, 15) is 14.9 Å².